The normalized spacial score (nSPS) is 27.4. The maximum atomic E-state index is 2.62. The summed E-state index contributed by atoms with van der Waals surface area (Å²) in [5.74, 6) is 3.23. The van der Waals surface area contributed by atoms with Gasteiger partial charge in [-0.25, -0.2) is 0 Å². The van der Waals surface area contributed by atoms with Gasteiger partial charge in [0.15, 0.2) is 0 Å². The van der Waals surface area contributed by atoms with Crippen molar-refractivity contribution in [2.24, 2.45) is 0 Å². The van der Waals surface area contributed by atoms with Crippen LogP contribution in [0, 0.1) is 0 Å². The van der Waals surface area contributed by atoms with Gasteiger partial charge in [0.25, 0.3) is 0 Å². The van der Waals surface area contributed by atoms with Crippen molar-refractivity contribution < 1.29 is 0 Å². The molecule has 0 aromatic heterocycles. The summed E-state index contributed by atoms with van der Waals surface area (Å²) >= 11 is 0. The van der Waals surface area contributed by atoms with Gasteiger partial charge in [-0.05, 0) is 167 Å². The van der Waals surface area contributed by atoms with E-state index >= 15 is 0 Å². The van der Waals surface area contributed by atoms with Crippen molar-refractivity contribution in [3.63, 3.8) is 0 Å². The Bertz CT molecular complexity index is 1610. The first-order valence-electron chi connectivity index (χ1n) is 17.3. The first-order chi connectivity index (χ1) is 20.7. The Labute approximate surface area is 251 Å². The largest absolute Gasteiger partial charge is 0.0579 e. The second kappa shape index (κ2) is 8.95. The van der Waals surface area contributed by atoms with Crippen molar-refractivity contribution in [3.05, 3.63) is 106 Å². The number of rotatable bonds is 2. The molecule has 0 nitrogen and oxygen atoms in total. The molecule has 0 heteroatoms. The molecule has 0 unspecified atom stereocenters. The zero-order valence-corrected chi connectivity index (χ0v) is 24.9. The lowest BCUT2D eigenvalue weighted by Gasteiger charge is -2.38. The minimum atomic E-state index is 0.176. The Hall–Kier alpha value is -3.12. The van der Waals surface area contributed by atoms with Gasteiger partial charge < -0.3 is 0 Å². The Kier molecular flexibility index (Phi) is 5.18. The van der Waals surface area contributed by atoms with Gasteiger partial charge in [-0.2, -0.15) is 0 Å². The zero-order valence-electron chi connectivity index (χ0n) is 24.9. The van der Waals surface area contributed by atoms with Gasteiger partial charge >= 0.3 is 0 Å². The van der Waals surface area contributed by atoms with Gasteiger partial charge in [0.2, 0.25) is 0 Å². The molecule has 0 aliphatic heterocycles. The topological polar surface area (TPSA) is 0 Å². The van der Waals surface area contributed by atoms with Gasteiger partial charge in [-0.3, -0.25) is 0 Å². The van der Waals surface area contributed by atoms with Crippen LogP contribution in [0.15, 0.2) is 72.8 Å². The van der Waals surface area contributed by atoms with Crippen molar-refractivity contribution in [2.45, 2.75) is 113 Å². The highest BCUT2D eigenvalue weighted by molar-refractivity contribution is 5.86. The molecule has 4 bridgehead atoms. The van der Waals surface area contributed by atoms with E-state index in [-0.39, 0.29) is 5.41 Å². The molecule has 4 aromatic carbocycles. The molecule has 210 valence electrons. The van der Waals surface area contributed by atoms with Gasteiger partial charge in [-0.1, -0.05) is 79.9 Å². The Balaban J connectivity index is 1.07. The average Bonchev–Trinajstić information content (AvgIpc) is 3.33. The van der Waals surface area contributed by atoms with E-state index in [1.165, 1.54) is 117 Å². The molecule has 0 radical (unpaired) electrons. The van der Waals surface area contributed by atoms with Gasteiger partial charge in [0, 0.05) is 5.41 Å². The highest BCUT2D eigenvalue weighted by atomic mass is 14.5. The lowest BCUT2D eigenvalue weighted by atomic mass is 9.66. The van der Waals surface area contributed by atoms with Crippen molar-refractivity contribution in [1.82, 2.24) is 0 Å². The number of hydrogen-bond donors (Lipinski definition) is 0. The molecule has 4 aromatic rings. The molecule has 0 amide bonds. The first-order valence-corrected chi connectivity index (χ1v) is 17.3. The molecule has 0 N–H and O–H groups in total. The van der Waals surface area contributed by atoms with E-state index in [1.807, 2.05) is 0 Å². The van der Waals surface area contributed by atoms with Crippen molar-refractivity contribution in [2.75, 3.05) is 0 Å². The molecule has 0 saturated heterocycles. The van der Waals surface area contributed by atoms with Crippen LogP contribution < -0.4 is 0 Å². The summed E-state index contributed by atoms with van der Waals surface area (Å²) in [4.78, 5) is 0. The fourth-order valence-electron chi connectivity index (χ4n) is 10.9. The van der Waals surface area contributed by atoms with E-state index in [2.05, 4.69) is 72.8 Å². The fraction of sp³-hybridized carbons (Fsp3) is 0.429. The lowest BCUT2D eigenvalue weighted by molar-refractivity contribution is 0.353. The number of hydrogen-bond acceptors (Lipinski definition) is 0. The van der Waals surface area contributed by atoms with E-state index in [9.17, 15) is 0 Å². The lowest BCUT2D eigenvalue weighted by Crippen LogP contribution is -2.28. The molecular formula is C42H42. The van der Waals surface area contributed by atoms with Crippen LogP contribution in [0.4, 0.5) is 0 Å². The van der Waals surface area contributed by atoms with Gasteiger partial charge in [-0.15, -0.1) is 0 Å². The molecule has 1 spiro atoms. The number of benzene rings is 4. The van der Waals surface area contributed by atoms with Crippen LogP contribution in [0.25, 0.3) is 33.4 Å². The minimum absolute atomic E-state index is 0.176. The van der Waals surface area contributed by atoms with Crippen molar-refractivity contribution in [3.8, 4) is 33.4 Å². The Morgan fingerprint density at radius 2 is 0.762 bits per heavy atom. The highest BCUT2D eigenvalue weighted by Crippen LogP contribution is 2.58. The quantitative estimate of drug-likeness (QED) is 0.234. The molecular weight excluding hydrogens is 504 g/mol. The summed E-state index contributed by atoms with van der Waals surface area (Å²) in [6.45, 7) is 0. The highest BCUT2D eigenvalue weighted by Gasteiger charge is 2.44. The summed E-state index contributed by atoms with van der Waals surface area (Å²) in [6, 6.07) is 30.1. The summed E-state index contributed by atoms with van der Waals surface area (Å²) in [6.07, 6.45) is 17.9. The van der Waals surface area contributed by atoms with Crippen LogP contribution in [0.1, 0.15) is 141 Å². The second-order valence-corrected chi connectivity index (χ2v) is 14.9. The third-order valence-electron chi connectivity index (χ3n) is 13.1. The SMILES string of the molecule is c1cc2c(cc1-c1ccc3c(c1)C1(CCCCC1)c1cc(-c4ccc5c(c4)C4CCC5CC4)ccc1-3)C1CCC2CC1. The first kappa shape index (κ1) is 24.3. The zero-order chi connectivity index (χ0) is 27.4. The number of fused-ring (bicyclic) bond motifs is 9. The molecule has 42 heavy (non-hydrogen) atoms. The van der Waals surface area contributed by atoms with Crippen molar-refractivity contribution in [1.29, 1.82) is 0 Å². The third-order valence-corrected chi connectivity index (χ3v) is 13.1. The van der Waals surface area contributed by atoms with Crippen LogP contribution in [-0.2, 0) is 5.41 Å². The molecule has 8 aliphatic carbocycles. The molecule has 0 atom stereocenters. The monoisotopic (exact) mass is 546 g/mol. The van der Waals surface area contributed by atoms with Crippen LogP contribution >= 0.6 is 0 Å². The van der Waals surface area contributed by atoms with Crippen molar-refractivity contribution >= 4 is 0 Å². The Morgan fingerprint density at radius 3 is 1.21 bits per heavy atom. The summed E-state index contributed by atoms with van der Waals surface area (Å²) in [7, 11) is 0. The average molecular weight is 547 g/mol. The molecule has 0 heterocycles. The summed E-state index contributed by atoms with van der Waals surface area (Å²) in [5.41, 5.74) is 18.8. The molecule has 12 rings (SSSR count). The van der Waals surface area contributed by atoms with Gasteiger partial charge in [0.1, 0.15) is 0 Å². The van der Waals surface area contributed by atoms with E-state index in [4.69, 9.17) is 0 Å². The van der Waals surface area contributed by atoms with E-state index in [0.29, 0.717) is 0 Å². The van der Waals surface area contributed by atoms with Crippen LogP contribution in [0.5, 0.6) is 0 Å². The minimum Gasteiger partial charge on any atom is -0.0579 e. The van der Waals surface area contributed by atoms with E-state index < -0.39 is 0 Å². The van der Waals surface area contributed by atoms with Crippen LogP contribution in [0.2, 0.25) is 0 Å². The van der Waals surface area contributed by atoms with E-state index in [1.54, 1.807) is 33.4 Å². The smallest absolute Gasteiger partial charge is 0.0215 e. The Morgan fingerprint density at radius 1 is 0.381 bits per heavy atom. The predicted octanol–water partition coefficient (Wildman–Crippen LogP) is 11.8. The molecule has 3 saturated carbocycles. The predicted molar refractivity (Wildman–Crippen MR) is 175 cm³/mol. The second-order valence-electron chi connectivity index (χ2n) is 14.9. The standard InChI is InChI=1S/C42H42/c1-2-20-42(21-3-1)40-24-32(30-12-16-34-26-4-8-28(9-5-26)38(34)22-30)14-18-36(40)37-19-15-33(25-41(37)42)31-13-17-35-27-6-10-29(11-7-27)39(35)23-31/h12-19,22-29H,1-11,20-21H2. The molecule has 8 aliphatic rings. The summed E-state index contributed by atoms with van der Waals surface area (Å²) in [5, 5.41) is 0. The maximum Gasteiger partial charge on any atom is 0.0215 e. The summed E-state index contributed by atoms with van der Waals surface area (Å²) < 4.78 is 0. The maximum absolute atomic E-state index is 2.62. The molecule has 3 fully saturated rings. The third kappa shape index (κ3) is 3.36. The fourth-order valence-corrected chi connectivity index (χ4v) is 10.9. The van der Waals surface area contributed by atoms with Gasteiger partial charge in [0.05, 0.1) is 0 Å². The van der Waals surface area contributed by atoms with Crippen LogP contribution in [0.3, 0.4) is 0 Å². The van der Waals surface area contributed by atoms with Crippen LogP contribution in [-0.4, -0.2) is 0 Å². The van der Waals surface area contributed by atoms with E-state index in [0.717, 1.165) is 23.7 Å².